The van der Waals surface area contributed by atoms with Crippen molar-refractivity contribution in [2.75, 3.05) is 19.6 Å². The van der Waals surface area contributed by atoms with Crippen LogP contribution in [0.4, 0.5) is 0 Å². The quantitative estimate of drug-likeness (QED) is 0.718. The summed E-state index contributed by atoms with van der Waals surface area (Å²) >= 11 is 0. The van der Waals surface area contributed by atoms with Crippen LogP contribution in [-0.2, 0) is 25.7 Å². The predicted octanol–water partition coefficient (Wildman–Crippen LogP) is 1.33. The molecule has 2 fully saturated rings. The Kier molecular flexibility index (Phi) is 6.44. The molecule has 2 atom stereocenters. The van der Waals surface area contributed by atoms with Crippen LogP contribution in [-0.4, -0.2) is 53.1 Å². The number of benzene rings is 1. The lowest BCUT2D eigenvalue weighted by Gasteiger charge is -2.21. The van der Waals surface area contributed by atoms with Crippen LogP contribution in [0.1, 0.15) is 38.2 Å². The molecule has 1 saturated carbocycles. The highest BCUT2D eigenvalue weighted by Crippen LogP contribution is 2.37. The van der Waals surface area contributed by atoms with Crippen LogP contribution < -0.4 is 5.32 Å². The van der Waals surface area contributed by atoms with Crippen LogP contribution in [0, 0.1) is 11.8 Å². The number of likely N-dealkylation sites (N-methyl/N-ethyl adjacent to an activating group) is 1. The molecule has 0 aromatic heterocycles. The molecule has 1 aromatic rings. The molecule has 1 aliphatic carbocycles. The number of nitrogens with one attached hydrogen (secondary N) is 1. The number of likely N-dealkylation sites (tertiary alicyclic amines) is 1. The molecule has 0 spiro atoms. The fourth-order valence-electron chi connectivity index (χ4n) is 4.05. The number of carbonyl (C=O) groups is 4. The van der Waals surface area contributed by atoms with Gasteiger partial charge in [0, 0.05) is 13.1 Å². The zero-order valence-corrected chi connectivity index (χ0v) is 16.2. The van der Waals surface area contributed by atoms with E-state index in [1.807, 2.05) is 37.3 Å². The molecular weight excluding hydrogens is 358 g/mol. The van der Waals surface area contributed by atoms with Crippen molar-refractivity contribution >= 4 is 23.6 Å². The highest BCUT2D eigenvalue weighted by Gasteiger charge is 2.48. The third-order valence-electron chi connectivity index (χ3n) is 5.62. The Bertz CT molecular complexity index is 725. The van der Waals surface area contributed by atoms with E-state index in [0.717, 1.165) is 36.1 Å². The number of hydrogen-bond donors (Lipinski definition) is 1. The standard InChI is InChI=1S/C21H27N3O4/c1-2-23(13-15-8-4-3-5-9-15)19(26)12-22-18(25)14-24-20(27)16-10-6-7-11-17(16)21(24)28/h3-5,8-9,16-17H,2,6-7,10-14H2,1H3,(H,22,25). The van der Waals surface area contributed by atoms with Gasteiger partial charge in [-0.3, -0.25) is 24.1 Å². The lowest BCUT2D eigenvalue weighted by atomic mass is 9.81. The molecule has 7 heteroatoms. The Morgan fingerprint density at radius 1 is 1.07 bits per heavy atom. The van der Waals surface area contributed by atoms with Gasteiger partial charge >= 0.3 is 0 Å². The summed E-state index contributed by atoms with van der Waals surface area (Å²) in [6.07, 6.45) is 3.33. The minimum Gasteiger partial charge on any atom is -0.345 e. The Balaban J connectivity index is 1.50. The number of hydrogen-bond acceptors (Lipinski definition) is 4. The van der Waals surface area contributed by atoms with Crippen molar-refractivity contribution in [1.29, 1.82) is 0 Å². The summed E-state index contributed by atoms with van der Waals surface area (Å²) in [6, 6.07) is 9.63. The number of amides is 4. The maximum atomic E-state index is 12.4. The Hall–Kier alpha value is -2.70. The summed E-state index contributed by atoms with van der Waals surface area (Å²) in [5.41, 5.74) is 1.01. The van der Waals surface area contributed by atoms with Gasteiger partial charge in [-0.1, -0.05) is 43.2 Å². The van der Waals surface area contributed by atoms with E-state index < -0.39 is 5.91 Å². The highest BCUT2D eigenvalue weighted by atomic mass is 16.2. The van der Waals surface area contributed by atoms with Gasteiger partial charge in [0.1, 0.15) is 6.54 Å². The summed E-state index contributed by atoms with van der Waals surface area (Å²) in [6.45, 7) is 2.42. The van der Waals surface area contributed by atoms with Crippen LogP contribution in [0.5, 0.6) is 0 Å². The maximum absolute atomic E-state index is 12.4. The first-order valence-electron chi connectivity index (χ1n) is 9.95. The predicted molar refractivity (Wildman–Crippen MR) is 103 cm³/mol. The number of imide groups is 1. The van der Waals surface area contributed by atoms with Gasteiger partial charge in [0.15, 0.2) is 0 Å². The largest absolute Gasteiger partial charge is 0.345 e. The summed E-state index contributed by atoms with van der Waals surface area (Å²) in [7, 11) is 0. The molecule has 7 nitrogen and oxygen atoms in total. The smallest absolute Gasteiger partial charge is 0.242 e. The first-order chi connectivity index (χ1) is 13.5. The van der Waals surface area contributed by atoms with E-state index in [-0.39, 0.29) is 42.6 Å². The molecule has 1 aromatic carbocycles. The van der Waals surface area contributed by atoms with Crippen LogP contribution in [0.15, 0.2) is 30.3 Å². The average Bonchev–Trinajstić information content (AvgIpc) is 2.96. The van der Waals surface area contributed by atoms with Gasteiger partial charge in [0.25, 0.3) is 0 Å². The second kappa shape index (κ2) is 8.99. The van der Waals surface area contributed by atoms with E-state index in [1.54, 1.807) is 4.90 Å². The number of nitrogens with zero attached hydrogens (tertiary/aromatic N) is 2. The van der Waals surface area contributed by atoms with Crippen molar-refractivity contribution in [2.45, 2.75) is 39.2 Å². The normalized spacial score (nSPS) is 21.4. The molecule has 2 unspecified atom stereocenters. The fourth-order valence-corrected chi connectivity index (χ4v) is 4.05. The third-order valence-corrected chi connectivity index (χ3v) is 5.62. The van der Waals surface area contributed by atoms with Crippen molar-refractivity contribution in [3.05, 3.63) is 35.9 Å². The second-order valence-electron chi connectivity index (χ2n) is 7.43. The van der Waals surface area contributed by atoms with Gasteiger partial charge in [-0.05, 0) is 25.3 Å². The maximum Gasteiger partial charge on any atom is 0.242 e. The molecule has 3 rings (SSSR count). The van der Waals surface area contributed by atoms with Crippen molar-refractivity contribution in [3.8, 4) is 0 Å². The third kappa shape index (κ3) is 4.40. The van der Waals surface area contributed by atoms with E-state index in [9.17, 15) is 19.2 Å². The minimum absolute atomic E-state index is 0.150. The fraction of sp³-hybridized carbons (Fsp3) is 0.524. The summed E-state index contributed by atoms with van der Waals surface area (Å²) in [4.78, 5) is 52.2. The molecule has 4 amide bonds. The molecule has 0 radical (unpaired) electrons. The Labute approximate surface area is 165 Å². The van der Waals surface area contributed by atoms with Crippen LogP contribution in [0.25, 0.3) is 0 Å². The average molecular weight is 385 g/mol. The summed E-state index contributed by atoms with van der Waals surface area (Å²) < 4.78 is 0. The van der Waals surface area contributed by atoms with E-state index in [1.165, 1.54) is 0 Å². The van der Waals surface area contributed by atoms with E-state index in [2.05, 4.69) is 5.32 Å². The van der Waals surface area contributed by atoms with Crippen LogP contribution >= 0.6 is 0 Å². The van der Waals surface area contributed by atoms with Crippen molar-refractivity contribution in [1.82, 2.24) is 15.1 Å². The molecule has 1 aliphatic heterocycles. The molecule has 28 heavy (non-hydrogen) atoms. The number of carbonyl (C=O) groups excluding carboxylic acids is 4. The highest BCUT2D eigenvalue weighted by molar-refractivity contribution is 6.07. The van der Waals surface area contributed by atoms with E-state index in [0.29, 0.717) is 13.1 Å². The van der Waals surface area contributed by atoms with Gasteiger partial charge in [-0.25, -0.2) is 0 Å². The van der Waals surface area contributed by atoms with Crippen molar-refractivity contribution in [3.63, 3.8) is 0 Å². The molecule has 1 heterocycles. The molecule has 1 N–H and O–H groups in total. The van der Waals surface area contributed by atoms with Gasteiger partial charge in [-0.2, -0.15) is 0 Å². The summed E-state index contributed by atoms with van der Waals surface area (Å²) in [5, 5.41) is 2.56. The zero-order valence-electron chi connectivity index (χ0n) is 16.2. The van der Waals surface area contributed by atoms with E-state index >= 15 is 0 Å². The van der Waals surface area contributed by atoms with Crippen LogP contribution in [0.3, 0.4) is 0 Å². The lowest BCUT2D eigenvalue weighted by molar-refractivity contribution is -0.143. The molecule has 1 saturated heterocycles. The van der Waals surface area contributed by atoms with Crippen molar-refractivity contribution < 1.29 is 19.2 Å². The van der Waals surface area contributed by atoms with Crippen molar-refractivity contribution in [2.24, 2.45) is 11.8 Å². The first kappa shape index (κ1) is 20.0. The SMILES string of the molecule is CCN(Cc1ccccc1)C(=O)CNC(=O)CN1C(=O)C2CCCCC2C1=O. The van der Waals surface area contributed by atoms with Gasteiger partial charge < -0.3 is 10.2 Å². The summed E-state index contributed by atoms with van der Waals surface area (Å²) in [5.74, 6) is -1.70. The molecule has 150 valence electrons. The molecule has 2 aliphatic rings. The van der Waals surface area contributed by atoms with Gasteiger partial charge in [0.2, 0.25) is 23.6 Å². The monoisotopic (exact) mass is 385 g/mol. The lowest BCUT2D eigenvalue weighted by Crippen LogP contribution is -2.45. The second-order valence-corrected chi connectivity index (χ2v) is 7.43. The zero-order chi connectivity index (χ0) is 20.1. The molecule has 0 bridgehead atoms. The number of fused-ring (bicyclic) bond motifs is 1. The van der Waals surface area contributed by atoms with E-state index in [4.69, 9.17) is 0 Å². The van der Waals surface area contributed by atoms with Crippen LogP contribution in [0.2, 0.25) is 0 Å². The van der Waals surface area contributed by atoms with Gasteiger partial charge in [-0.15, -0.1) is 0 Å². The topological polar surface area (TPSA) is 86.8 Å². The number of rotatable bonds is 7. The molecular formula is C21H27N3O4. The Morgan fingerprint density at radius 2 is 1.68 bits per heavy atom. The minimum atomic E-state index is -0.482. The van der Waals surface area contributed by atoms with Gasteiger partial charge in [0.05, 0.1) is 18.4 Å². The first-order valence-corrected chi connectivity index (χ1v) is 9.95. The Morgan fingerprint density at radius 3 is 2.25 bits per heavy atom.